The van der Waals surface area contributed by atoms with Crippen LogP contribution in [0.1, 0.15) is 71.5 Å². The molecule has 2 aliphatic heterocycles. The normalized spacial score (nSPS) is 17.5. The third kappa shape index (κ3) is 7.01. The average Bonchev–Trinajstić information content (AvgIpc) is 3.75. The minimum atomic E-state index is -1.10. The zero-order chi connectivity index (χ0) is 37.5. The molecule has 5 heterocycles. The first kappa shape index (κ1) is 35.6. The fourth-order valence-corrected chi connectivity index (χ4v) is 8.42. The first-order valence-corrected chi connectivity index (χ1v) is 18.7. The van der Waals surface area contributed by atoms with E-state index in [0.717, 1.165) is 80.3 Å². The highest BCUT2D eigenvalue weighted by molar-refractivity contribution is 5.92. The highest BCUT2D eigenvalue weighted by Crippen LogP contribution is 2.38. The number of furan rings is 1. The van der Waals surface area contributed by atoms with Crippen LogP contribution in [0.5, 0.6) is 17.2 Å². The summed E-state index contributed by atoms with van der Waals surface area (Å²) >= 11 is 0. The molecule has 0 aliphatic carbocycles. The van der Waals surface area contributed by atoms with Gasteiger partial charge in [-0.2, -0.15) is 0 Å². The number of aryl methyl sites for hydroxylation is 1. The molecule has 0 saturated carbocycles. The summed E-state index contributed by atoms with van der Waals surface area (Å²) in [4.78, 5) is 26.8. The molecule has 11 heteroatoms. The number of nitrogens with zero attached hydrogens (tertiary/aromatic N) is 4. The molecule has 10 nitrogen and oxygen atoms in total. The van der Waals surface area contributed by atoms with E-state index in [1.54, 1.807) is 19.2 Å². The Bertz CT molecular complexity index is 2310. The summed E-state index contributed by atoms with van der Waals surface area (Å²) in [5.41, 5.74) is 6.12. The number of nitrogens with one attached hydrogen (secondary N) is 1. The number of anilines is 1. The lowest BCUT2D eigenvalue weighted by atomic mass is 9.88. The number of methoxy groups -OCH3 is 1. The minimum Gasteiger partial charge on any atom is -0.493 e. The lowest BCUT2D eigenvalue weighted by molar-refractivity contribution is 0.0271. The van der Waals surface area contributed by atoms with Crippen LogP contribution in [0.15, 0.2) is 83.5 Å². The van der Waals surface area contributed by atoms with Crippen molar-refractivity contribution in [2.45, 2.75) is 58.2 Å². The maximum Gasteiger partial charge on any atom is 0.339 e. The van der Waals surface area contributed by atoms with Gasteiger partial charge in [-0.15, -0.1) is 0 Å². The fourth-order valence-electron chi connectivity index (χ4n) is 8.42. The van der Waals surface area contributed by atoms with Gasteiger partial charge in [0.1, 0.15) is 34.3 Å². The first-order valence-electron chi connectivity index (χ1n) is 18.7. The second-order valence-corrected chi connectivity index (χ2v) is 14.9. The largest absolute Gasteiger partial charge is 0.493 e. The molecule has 3 aromatic carbocycles. The molecule has 2 saturated heterocycles. The van der Waals surface area contributed by atoms with Crippen LogP contribution in [0.4, 0.5) is 10.1 Å². The van der Waals surface area contributed by atoms with Gasteiger partial charge < -0.3 is 28.9 Å². The van der Waals surface area contributed by atoms with E-state index >= 15 is 0 Å². The number of halogens is 1. The predicted octanol–water partition coefficient (Wildman–Crippen LogP) is 8.91. The summed E-state index contributed by atoms with van der Waals surface area (Å²) in [6, 6.07) is 22.7. The molecule has 2 N–H and O–H groups in total. The Labute approximate surface area is 314 Å². The maximum atomic E-state index is 14.3. The van der Waals surface area contributed by atoms with Crippen LogP contribution in [0.2, 0.25) is 0 Å². The number of hydrogen-bond donors (Lipinski definition) is 2. The number of carboxylic acid groups (broad SMARTS) is 1. The van der Waals surface area contributed by atoms with Gasteiger partial charge in [0.05, 0.1) is 18.7 Å². The summed E-state index contributed by atoms with van der Waals surface area (Å²) in [5, 5.41) is 11.3. The number of benzene rings is 3. The van der Waals surface area contributed by atoms with Gasteiger partial charge in [-0.1, -0.05) is 38.1 Å². The lowest BCUT2D eigenvalue weighted by Gasteiger charge is -2.48. The Morgan fingerprint density at radius 3 is 2.63 bits per heavy atom. The van der Waals surface area contributed by atoms with E-state index in [1.807, 2.05) is 13.0 Å². The molecule has 0 spiro atoms. The number of carbonyl (C=O) groups is 1. The van der Waals surface area contributed by atoms with E-state index in [2.05, 4.69) is 81.0 Å². The first-order chi connectivity index (χ1) is 26.1. The molecule has 280 valence electrons. The molecular formula is C43H46FN5O5. The van der Waals surface area contributed by atoms with Crippen molar-refractivity contribution < 1.29 is 28.2 Å². The van der Waals surface area contributed by atoms with Gasteiger partial charge in [-0.3, -0.25) is 9.80 Å². The van der Waals surface area contributed by atoms with Gasteiger partial charge in [-0.05, 0) is 78.8 Å². The van der Waals surface area contributed by atoms with Crippen molar-refractivity contribution in [2.24, 2.45) is 0 Å². The Hall–Kier alpha value is -5.39. The number of carboxylic acids is 1. The summed E-state index contributed by atoms with van der Waals surface area (Å²) in [7, 11) is 1.70. The van der Waals surface area contributed by atoms with Gasteiger partial charge in [0.25, 0.3) is 0 Å². The van der Waals surface area contributed by atoms with E-state index in [4.69, 9.17) is 13.9 Å². The van der Waals surface area contributed by atoms with Gasteiger partial charge in [0, 0.05) is 74.7 Å². The smallest absolute Gasteiger partial charge is 0.339 e. The topological polar surface area (TPSA) is 107 Å². The number of pyridine rings is 1. The van der Waals surface area contributed by atoms with E-state index in [1.165, 1.54) is 35.2 Å². The van der Waals surface area contributed by atoms with Crippen molar-refractivity contribution in [1.29, 1.82) is 0 Å². The van der Waals surface area contributed by atoms with Gasteiger partial charge in [-0.25, -0.2) is 14.2 Å². The second kappa shape index (κ2) is 14.8. The van der Waals surface area contributed by atoms with E-state index < -0.39 is 11.8 Å². The van der Waals surface area contributed by atoms with Crippen molar-refractivity contribution in [1.82, 2.24) is 19.8 Å². The Kier molecular flexibility index (Phi) is 9.76. The van der Waals surface area contributed by atoms with Crippen LogP contribution < -0.4 is 14.4 Å². The standard InChI is InChI=1S/C43H46FN5O5/c1-26(2)33-7-5-6-8-34(33)38-25-47(24-28-18-29-17-27(3)53-41(29)40(19-28)52-4)15-16-49(38)30-11-13-48(14-12-30)31-9-10-35(43(50)51)39(20-31)54-32-21-36-37(44)23-46-42(36)45-22-32/h5-10,17-23,26,30,38H,11-16,24-25H2,1-4H3,(H,45,46)(H,50,51)/t38-/m0/s1. The number of fused-ring (bicyclic) bond motifs is 2. The van der Waals surface area contributed by atoms with Crippen molar-refractivity contribution in [3.05, 3.63) is 113 Å². The molecule has 0 amide bonds. The molecule has 54 heavy (non-hydrogen) atoms. The number of piperidine rings is 1. The van der Waals surface area contributed by atoms with Crippen LogP contribution in [0.25, 0.3) is 22.0 Å². The van der Waals surface area contributed by atoms with Crippen molar-refractivity contribution in [2.75, 3.05) is 44.7 Å². The van der Waals surface area contributed by atoms with Gasteiger partial charge >= 0.3 is 5.97 Å². The van der Waals surface area contributed by atoms with Crippen LogP contribution in [-0.4, -0.2) is 76.7 Å². The summed E-state index contributed by atoms with van der Waals surface area (Å²) < 4.78 is 32.0. The molecule has 0 radical (unpaired) electrons. The number of piperazine rings is 1. The number of ether oxygens (including phenoxy) is 2. The zero-order valence-corrected chi connectivity index (χ0v) is 31.1. The predicted molar refractivity (Wildman–Crippen MR) is 208 cm³/mol. The monoisotopic (exact) mass is 731 g/mol. The van der Waals surface area contributed by atoms with Crippen LogP contribution in [0.3, 0.4) is 0 Å². The van der Waals surface area contributed by atoms with Crippen LogP contribution >= 0.6 is 0 Å². The number of hydrogen-bond acceptors (Lipinski definition) is 8. The van der Waals surface area contributed by atoms with Gasteiger partial charge in [0.2, 0.25) is 0 Å². The number of aromatic carboxylic acids is 1. The number of H-pyrrole nitrogens is 1. The summed E-state index contributed by atoms with van der Waals surface area (Å²) in [6.45, 7) is 11.8. The Morgan fingerprint density at radius 1 is 1.04 bits per heavy atom. The molecule has 8 rings (SSSR count). The molecule has 3 aromatic heterocycles. The highest BCUT2D eigenvalue weighted by atomic mass is 19.1. The van der Waals surface area contributed by atoms with Crippen molar-refractivity contribution in [3.63, 3.8) is 0 Å². The second-order valence-electron chi connectivity index (χ2n) is 14.9. The summed E-state index contributed by atoms with van der Waals surface area (Å²) in [5.74, 6) is 0.962. The maximum absolute atomic E-state index is 14.3. The fraction of sp³-hybridized carbons (Fsp3) is 0.349. The quantitative estimate of drug-likeness (QED) is 0.143. The molecule has 2 aliphatic rings. The number of aromatic nitrogens is 2. The number of aromatic amines is 1. The SMILES string of the molecule is COc1cc(CN2CCN(C3CCN(c4ccc(C(=O)O)c(Oc5cnc6[nH]cc(F)c6c5)c4)CC3)[C@H](c3ccccc3C(C)C)C2)cc2cc(C)oc12. The Morgan fingerprint density at radius 2 is 1.85 bits per heavy atom. The van der Waals surface area contributed by atoms with E-state index in [-0.39, 0.29) is 28.5 Å². The molecule has 0 unspecified atom stereocenters. The molecule has 0 bridgehead atoms. The van der Waals surface area contributed by atoms with E-state index in [9.17, 15) is 14.3 Å². The zero-order valence-electron chi connectivity index (χ0n) is 31.1. The van der Waals surface area contributed by atoms with Crippen LogP contribution in [0, 0.1) is 12.7 Å². The van der Waals surface area contributed by atoms with Crippen molar-refractivity contribution >= 4 is 33.7 Å². The molecule has 2 fully saturated rings. The number of rotatable bonds is 10. The third-order valence-electron chi connectivity index (χ3n) is 11.1. The van der Waals surface area contributed by atoms with Crippen LogP contribution in [-0.2, 0) is 6.54 Å². The summed E-state index contributed by atoms with van der Waals surface area (Å²) in [6.07, 6.45) is 4.64. The molecule has 1 atom stereocenters. The highest BCUT2D eigenvalue weighted by Gasteiger charge is 2.36. The molecule has 6 aromatic rings. The van der Waals surface area contributed by atoms with Crippen molar-refractivity contribution in [3.8, 4) is 17.2 Å². The lowest BCUT2D eigenvalue weighted by Crippen LogP contribution is -2.54. The Balaban J connectivity index is 1.01. The average molecular weight is 732 g/mol. The third-order valence-corrected chi connectivity index (χ3v) is 11.1. The molecular weight excluding hydrogens is 686 g/mol. The van der Waals surface area contributed by atoms with E-state index in [0.29, 0.717) is 17.6 Å². The van der Waals surface area contributed by atoms with Gasteiger partial charge in [0.15, 0.2) is 11.3 Å². The minimum absolute atomic E-state index is 0.0334.